The largest absolute Gasteiger partial charge is 1.00 e. The van der Waals surface area contributed by atoms with E-state index in [0.29, 0.717) is 0 Å². The summed E-state index contributed by atoms with van der Waals surface area (Å²) in [7, 11) is 0. The Morgan fingerprint density at radius 3 is 2.44 bits per heavy atom. The van der Waals surface area contributed by atoms with Crippen LogP contribution in [0.3, 0.4) is 0 Å². The Balaban J connectivity index is 0.00000128. The maximum atomic E-state index is 2.47. The zero-order valence-electron chi connectivity index (χ0n) is 10.1. The number of para-hydroxylation sites is 1. The predicted molar refractivity (Wildman–Crippen MR) is 66.5 cm³/mol. The van der Waals surface area contributed by atoms with Crippen molar-refractivity contribution in [3.63, 3.8) is 0 Å². The monoisotopic (exact) mass is 299 g/mol. The van der Waals surface area contributed by atoms with Crippen LogP contribution in [0.5, 0.6) is 0 Å². The first-order chi connectivity index (χ1) is 7.31. The molecule has 88 valence electrons. The van der Waals surface area contributed by atoms with Crippen LogP contribution in [0.1, 0.15) is 31.3 Å². The van der Waals surface area contributed by atoms with Crippen LogP contribution in [0.15, 0.2) is 18.2 Å². The van der Waals surface area contributed by atoms with Crippen molar-refractivity contribution in [1.82, 2.24) is 0 Å². The number of benzene rings is 1. The average molecular weight is 300 g/mol. The number of nitrogens with zero attached hydrogens (tertiary/aromatic N) is 1. The van der Waals surface area contributed by atoms with Gasteiger partial charge in [0, 0.05) is 12.0 Å². The summed E-state index contributed by atoms with van der Waals surface area (Å²) in [4.78, 5) is 0. The summed E-state index contributed by atoms with van der Waals surface area (Å²) in [5.74, 6) is 0. The number of aryl methyl sites for hydroxylation is 3. The van der Waals surface area contributed by atoms with Gasteiger partial charge in [-0.2, -0.15) is 4.57 Å². The lowest BCUT2D eigenvalue weighted by Gasteiger charge is -1.97. The normalized spacial score (nSPS) is 10.4. The third-order valence-corrected chi connectivity index (χ3v) is 4.17. The van der Waals surface area contributed by atoms with E-state index in [1.54, 1.807) is 0 Å². The lowest BCUT2D eigenvalue weighted by atomic mass is 10.1. The van der Waals surface area contributed by atoms with Crippen molar-refractivity contribution in [2.75, 3.05) is 0 Å². The van der Waals surface area contributed by atoms with E-state index in [4.69, 9.17) is 0 Å². The van der Waals surface area contributed by atoms with Crippen molar-refractivity contribution in [1.29, 1.82) is 0 Å². The number of halogens is 1. The third-order valence-electron chi connectivity index (χ3n) is 2.88. The minimum absolute atomic E-state index is 0. The maximum absolute atomic E-state index is 2.47. The summed E-state index contributed by atoms with van der Waals surface area (Å²) in [6.07, 6.45) is 2.26. The second-order valence-electron chi connectivity index (χ2n) is 3.71. The van der Waals surface area contributed by atoms with Crippen molar-refractivity contribution >= 4 is 21.6 Å². The minimum atomic E-state index is 0. The van der Waals surface area contributed by atoms with Gasteiger partial charge in [0.15, 0.2) is 0 Å². The Kier molecular flexibility index (Phi) is 4.93. The van der Waals surface area contributed by atoms with Crippen LogP contribution in [-0.2, 0) is 19.4 Å². The summed E-state index contributed by atoms with van der Waals surface area (Å²) < 4.78 is 3.91. The van der Waals surface area contributed by atoms with Crippen molar-refractivity contribution in [3.05, 3.63) is 28.8 Å². The summed E-state index contributed by atoms with van der Waals surface area (Å²) in [6, 6.07) is 6.67. The maximum Gasteiger partial charge on any atom is 0.238 e. The van der Waals surface area contributed by atoms with Crippen LogP contribution in [0.2, 0.25) is 0 Å². The van der Waals surface area contributed by atoms with Crippen LogP contribution in [0.4, 0.5) is 0 Å². The molecule has 0 saturated heterocycles. The second-order valence-corrected chi connectivity index (χ2v) is 4.83. The molecule has 16 heavy (non-hydrogen) atoms. The number of hydrogen-bond acceptors (Lipinski definition) is 1. The molecule has 0 amide bonds. The molecule has 2 aromatic rings. The zero-order chi connectivity index (χ0) is 10.8. The highest BCUT2D eigenvalue weighted by Crippen LogP contribution is 2.24. The molecule has 0 fully saturated rings. The molecule has 3 heteroatoms. The molecule has 0 aliphatic rings. The molecule has 0 aliphatic heterocycles. The summed E-state index contributed by atoms with van der Waals surface area (Å²) in [5.41, 5.74) is 2.94. The van der Waals surface area contributed by atoms with Gasteiger partial charge in [0.25, 0.3) is 0 Å². The molecule has 0 unspecified atom stereocenters. The van der Waals surface area contributed by atoms with Crippen LogP contribution >= 0.6 is 11.3 Å². The first-order valence-corrected chi connectivity index (χ1v) is 6.56. The van der Waals surface area contributed by atoms with E-state index >= 15 is 0 Å². The van der Waals surface area contributed by atoms with Gasteiger partial charge in [0.1, 0.15) is 11.2 Å². The van der Waals surface area contributed by atoms with E-state index in [1.807, 2.05) is 11.3 Å². The van der Waals surface area contributed by atoms with Crippen molar-refractivity contribution in [2.45, 2.75) is 40.2 Å². The van der Waals surface area contributed by atoms with Gasteiger partial charge in [0.2, 0.25) is 10.5 Å². The Morgan fingerprint density at radius 1 is 1.12 bits per heavy atom. The minimum Gasteiger partial charge on any atom is -1.00 e. The predicted octanol–water partition coefficient (Wildman–Crippen LogP) is 0.337. The number of aromatic nitrogens is 1. The van der Waals surface area contributed by atoms with E-state index in [9.17, 15) is 0 Å². The summed E-state index contributed by atoms with van der Waals surface area (Å²) >= 11 is 1.94. The SMILES string of the molecule is CCc1cccc2sc(CC)[n+](CC)c12.[Br-]. The number of hydrogen-bond donors (Lipinski definition) is 0. The van der Waals surface area contributed by atoms with E-state index in [1.165, 1.54) is 20.8 Å². The van der Waals surface area contributed by atoms with Gasteiger partial charge in [0.05, 0.1) is 0 Å². The lowest BCUT2D eigenvalue weighted by Crippen LogP contribution is -3.00. The fraction of sp³-hybridized carbons (Fsp3) is 0.462. The Labute approximate surface area is 112 Å². The average Bonchev–Trinajstić information content (AvgIpc) is 2.66. The molecule has 1 aromatic carbocycles. The molecular formula is C13H18BrNS. The van der Waals surface area contributed by atoms with Crippen LogP contribution in [0.25, 0.3) is 10.2 Å². The van der Waals surface area contributed by atoms with Gasteiger partial charge in [-0.05, 0) is 19.4 Å². The number of fused-ring (bicyclic) bond motifs is 1. The molecule has 1 heterocycles. The fourth-order valence-electron chi connectivity index (χ4n) is 2.15. The van der Waals surface area contributed by atoms with Crippen molar-refractivity contribution in [3.8, 4) is 0 Å². The first kappa shape index (κ1) is 13.7. The third kappa shape index (κ3) is 2.16. The van der Waals surface area contributed by atoms with Gasteiger partial charge in [-0.3, -0.25) is 0 Å². The van der Waals surface area contributed by atoms with Crippen LogP contribution < -0.4 is 21.5 Å². The smallest absolute Gasteiger partial charge is 0.238 e. The Morgan fingerprint density at radius 2 is 1.88 bits per heavy atom. The number of thiazole rings is 1. The van der Waals surface area contributed by atoms with E-state index < -0.39 is 0 Å². The van der Waals surface area contributed by atoms with E-state index in [0.717, 1.165) is 19.4 Å². The molecule has 0 N–H and O–H groups in total. The molecule has 0 spiro atoms. The molecule has 0 saturated carbocycles. The summed E-state index contributed by atoms with van der Waals surface area (Å²) in [5, 5.41) is 1.49. The number of rotatable bonds is 3. The highest BCUT2D eigenvalue weighted by Gasteiger charge is 2.19. The van der Waals surface area contributed by atoms with Gasteiger partial charge < -0.3 is 17.0 Å². The lowest BCUT2D eigenvalue weighted by molar-refractivity contribution is -0.670. The van der Waals surface area contributed by atoms with E-state index in [2.05, 4.69) is 43.5 Å². The van der Waals surface area contributed by atoms with Crippen LogP contribution in [0, 0.1) is 0 Å². The van der Waals surface area contributed by atoms with Crippen molar-refractivity contribution in [2.24, 2.45) is 0 Å². The second kappa shape index (κ2) is 5.78. The van der Waals surface area contributed by atoms with Gasteiger partial charge in [-0.25, -0.2) is 0 Å². The Bertz CT molecular complexity index is 476. The molecular weight excluding hydrogens is 282 g/mol. The fourth-order valence-corrected chi connectivity index (χ4v) is 3.36. The molecule has 0 bridgehead atoms. The molecule has 0 aliphatic carbocycles. The zero-order valence-corrected chi connectivity index (χ0v) is 12.5. The first-order valence-electron chi connectivity index (χ1n) is 5.74. The van der Waals surface area contributed by atoms with Gasteiger partial charge in [-0.1, -0.05) is 37.3 Å². The quantitative estimate of drug-likeness (QED) is 0.720. The molecule has 1 nitrogen and oxygen atoms in total. The standard InChI is InChI=1S/C13H18NS.BrH/c1-4-10-8-7-9-11-13(10)14(6-3)12(5-2)15-11;/h7-9H,4-6H2,1-3H3;1H/q+1;/p-1. The highest BCUT2D eigenvalue weighted by molar-refractivity contribution is 7.18. The van der Waals surface area contributed by atoms with Crippen LogP contribution in [-0.4, -0.2) is 0 Å². The van der Waals surface area contributed by atoms with Gasteiger partial charge in [-0.15, -0.1) is 0 Å². The molecule has 2 rings (SSSR count). The highest BCUT2D eigenvalue weighted by atomic mass is 79.9. The topological polar surface area (TPSA) is 3.88 Å². The molecule has 0 atom stereocenters. The molecule has 1 aromatic heterocycles. The van der Waals surface area contributed by atoms with Crippen molar-refractivity contribution < 1.29 is 21.5 Å². The molecule has 0 radical (unpaired) electrons. The summed E-state index contributed by atoms with van der Waals surface area (Å²) in [6.45, 7) is 7.79. The Hall–Kier alpha value is -0.410. The van der Waals surface area contributed by atoms with Gasteiger partial charge >= 0.3 is 0 Å². The van der Waals surface area contributed by atoms with E-state index in [-0.39, 0.29) is 17.0 Å².